The molecule has 0 unspecified atom stereocenters. The summed E-state index contributed by atoms with van der Waals surface area (Å²) in [5, 5.41) is 9.86. The molecule has 1 aromatic heterocycles. The van der Waals surface area contributed by atoms with Gasteiger partial charge in [-0.15, -0.1) is 0 Å². The zero-order valence-electron chi connectivity index (χ0n) is 11.1. The van der Waals surface area contributed by atoms with Crippen LogP contribution >= 0.6 is 0 Å². The van der Waals surface area contributed by atoms with Crippen LogP contribution in [-0.2, 0) is 14.1 Å². The van der Waals surface area contributed by atoms with Crippen molar-refractivity contribution in [2.45, 2.75) is 0 Å². The van der Waals surface area contributed by atoms with Gasteiger partial charge >= 0.3 is 5.69 Å². The first kappa shape index (κ1) is 13.6. The number of hydrogen-bond donors (Lipinski definition) is 2. The summed E-state index contributed by atoms with van der Waals surface area (Å²) in [7, 11) is 2.70. The number of benzene rings is 1. The number of aliphatic imine (C=N–C) groups is 1. The first-order valence-corrected chi connectivity index (χ1v) is 5.81. The third-order valence-electron chi connectivity index (χ3n) is 2.94. The number of aromatic nitrogens is 2. The number of nitrogens with zero attached hydrogens (tertiary/aromatic N) is 3. The Morgan fingerprint density at radius 2 is 1.85 bits per heavy atom. The van der Waals surface area contributed by atoms with Crippen LogP contribution in [0.2, 0.25) is 0 Å². The Bertz CT molecular complexity index is 802. The minimum absolute atomic E-state index is 0.0714. The zero-order chi connectivity index (χ0) is 14.9. The maximum absolute atomic E-state index is 11.9. The van der Waals surface area contributed by atoms with Gasteiger partial charge in [-0.3, -0.25) is 18.9 Å². The smallest absolute Gasteiger partial charge is 0.333 e. The molecule has 0 bridgehead atoms. The van der Waals surface area contributed by atoms with Crippen molar-refractivity contribution in [2.24, 2.45) is 19.1 Å². The van der Waals surface area contributed by atoms with Gasteiger partial charge in [0.1, 0.15) is 5.56 Å². The fraction of sp³-hybridized carbons (Fsp3) is 0.154. The lowest BCUT2D eigenvalue weighted by atomic mass is 10.2. The van der Waals surface area contributed by atoms with Crippen molar-refractivity contribution in [1.29, 1.82) is 0 Å². The number of para-hydroxylation sites is 2. The molecular weight excluding hydrogens is 260 g/mol. The van der Waals surface area contributed by atoms with Crippen LogP contribution in [0.4, 0.5) is 11.4 Å². The van der Waals surface area contributed by atoms with Gasteiger partial charge in [0.15, 0.2) is 0 Å². The summed E-state index contributed by atoms with van der Waals surface area (Å²) >= 11 is 0. The first-order valence-electron chi connectivity index (χ1n) is 5.81. The number of hydrogen-bond acceptors (Lipinski definition) is 5. The van der Waals surface area contributed by atoms with Crippen LogP contribution in [-0.4, -0.2) is 20.5 Å². The highest BCUT2D eigenvalue weighted by atomic mass is 16.3. The summed E-state index contributed by atoms with van der Waals surface area (Å²) in [5.74, 6) is -0.434. The lowest BCUT2D eigenvalue weighted by molar-refractivity contribution is 0.410. The van der Waals surface area contributed by atoms with Crippen molar-refractivity contribution < 1.29 is 5.11 Å². The molecule has 0 spiro atoms. The molecule has 2 aromatic rings. The van der Waals surface area contributed by atoms with E-state index in [1.54, 1.807) is 24.3 Å². The summed E-state index contributed by atoms with van der Waals surface area (Å²) in [6.45, 7) is 0. The Morgan fingerprint density at radius 1 is 1.20 bits per heavy atom. The molecular formula is C13H14N4O3. The summed E-state index contributed by atoms with van der Waals surface area (Å²) in [5.41, 5.74) is 5.35. The van der Waals surface area contributed by atoms with Gasteiger partial charge in [-0.05, 0) is 12.1 Å². The lowest BCUT2D eigenvalue weighted by Gasteiger charge is -2.07. The number of anilines is 1. The van der Waals surface area contributed by atoms with E-state index >= 15 is 0 Å². The average Bonchev–Trinajstić information content (AvgIpc) is 2.45. The molecule has 0 saturated carbocycles. The van der Waals surface area contributed by atoms with Gasteiger partial charge in [0.05, 0.1) is 11.4 Å². The molecule has 0 saturated heterocycles. The molecule has 0 aliphatic heterocycles. The highest BCUT2D eigenvalue weighted by molar-refractivity contribution is 5.85. The summed E-state index contributed by atoms with van der Waals surface area (Å²) < 4.78 is 1.87. The molecule has 1 aromatic carbocycles. The topological polar surface area (TPSA) is 103 Å². The lowest BCUT2D eigenvalue weighted by Crippen LogP contribution is -2.38. The monoisotopic (exact) mass is 274 g/mol. The quantitative estimate of drug-likeness (QED) is 0.599. The molecule has 0 aliphatic carbocycles. The second-order valence-corrected chi connectivity index (χ2v) is 4.26. The van der Waals surface area contributed by atoms with E-state index in [9.17, 15) is 14.7 Å². The normalized spacial score (nSPS) is 11.1. The van der Waals surface area contributed by atoms with Crippen molar-refractivity contribution in [1.82, 2.24) is 9.13 Å². The van der Waals surface area contributed by atoms with Gasteiger partial charge in [-0.2, -0.15) is 0 Å². The van der Waals surface area contributed by atoms with Crippen LogP contribution in [0.5, 0.6) is 5.88 Å². The van der Waals surface area contributed by atoms with Crippen molar-refractivity contribution >= 4 is 17.6 Å². The van der Waals surface area contributed by atoms with Crippen LogP contribution in [0.15, 0.2) is 38.8 Å². The molecule has 3 N–H and O–H groups in total. The van der Waals surface area contributed by atoms with Gasteiger partial charge in [0, 0.05) is 20.3 Å². The Hall–Kier alpha value is -2.83. The van der Waals surface area contributed by atoms with Crippen LogP contribution in [0, 0.1) is 0 Å². The summed E-state index contributed by atoms with van der Waals surface area (Å²) in [6, 6.07) is 6.86. The Labute approximate surface area is 114 Å². The minimum Gasteiger partial charge on any atom is -0.494 e. The van der Waals surface area contributed by atoms with E-state index in [1.807, 2.05) is 0 Å². The molecule has 20 heavy (non-hydrogen) atoms. The van der Waals surface area contributed by atoms with Crippen LogP contribution in [0.3, 0.4) is 0 Å². The molecule has 0 radical (unpaired) electrons. The van der Waals surface area contributed by atoms with E-state index in [0.717, 1.165) is 9.13 Å². The molecule has 0 amide bonds. The molecule has 7 heteroatoms. The molecule has 104 valence electrons. The Kier molecular flexibility index (Phi) is 3.43. The van der Waals surface area contributed by atoms with Gasteiger partial charge in [0.25, 0.3) is 5.56 Å². The van der Waals surface area contributed by atoms with Gasteiger partial charge in [0.2, 0.25) is 5.88 Å². The Morgan fingerprint density at radius 3 is 2.50 bits per heavy atom. The maximum Gasteiger partial charge on any atom is 0.333 e. The molecule has 0 aliphatic rings. The molecule has 0 fully saturated rings. The van der Waals surface area contributed by atoms with Crippen molar-refractivity contribution in [3.63, 3.8) is 0 Å². The third kappa shape index (κ3) is 2.20. The second-order valence-electron chi connectivity index (χ2n) is 4.26. The largest absolute Gasteiger partial charge is 0.494 e. The summed E-state index contributed by atoms with van der Waals surface area (Å²) in [6.07, 6.45) is 1.20. The van der Waals surface area contributed by atoms with Crippen molar-refractivity contribution in [3.05, 3.63) is 50.7 Å². The number of nitrogens with two attached hydrogens (primary N) is 1. The first-order chi connectivity index (χ1) is 9.43. The van der Waals surface area contributed by atoms with Crippen molar-refractivity contribution in [2.75, 3.05) is 5.73 Å². The minimum atomic E-state index is -0.621. The SMILES string of the molecule is Cn1c(O)c(C=Nc2ccccc2N)c(=O)n(C)c1=O. The molecule has 7 nitrogen and oxygen atoms in total. The Balaban J connectivity index is 2.59. The standard InChI is InChI=1S/C13H14N4O3/c1-16-11(18)8(12(19)17(2)13(16)20)7-15-10-6-4-3-5-9(10)14/h3-7,18H,14H2,1-2H3. The van der Waals surface area contributed by atoms with Gasteiger partial charge in [-0.25, -0.2) is 4.79 Å². The van der Waals surface area contributed by atoms with Gasteiger partial charge in [-0.1, -0.05) is 12.1 Å². The fourth-order valence-electron chi connectivity index (χ4n) is 1.71. The van der Waals surface area contributed by atoms with Crippen LogP contribution in [0.25, 0.3) is 0 Å². The predicted molar refractivity (Wildman–Crippen MR) is 76.7 cm³/mol. The molecule has 1 heterocycles. The van der Waals surface area contributed by atoms with Crippen LogP contribution < -0.4 is 17.0 Å². The molecule has 2 rings (SSSR count). The highest BCUT2D eigenvalue weighted by Gasteiger charge is 2.12. The summed E-state index contributed by atoms with van der Waals surface area (Å²) in [4.78, 5) is 27.6. The van der Waals surface area contributed by atoms with E-state index in [4.69, 9.17) is 5.73 Å². The average molecular weight is 274 g/mol. The number of rotatable bonds is 2. The van der Waals surface area contributed by atoms with E-state index < -0.39 is 17.1 Å². The van der Waals surface area contributed by atoms with E-state index in [-0.39, 0.29) is 5.56 Å². The zero-order valence-corrected chi connectivity index (χ0v) is 11.1. The predicted octanol–water partition coefficient (Wildman–Crippen LogP) is 0.122. The fourth-order valence-corrected chi connectivity index (χ4v) is 1.71. The molecule has 0 atom stereocenters. The number of aromatic hydroxyl groups is 1. The van der Waals surface area contributed by atoms with Crippen molar-refractivity contribution in [3.8, 4) is 5.88 Å². The highest BCUT2D eigenvalue weighted by Crippen LogP contribution is 2.20. The van der Waals surface area contributed by atoms with Crippen LogP contribution in [0.1, 0.15) is 5.56 Å². The van der Waals surface area contributed by atoms with E-state index in [2.05, 4.69) is 4.99 Å². The second kappa shape index (κ2) is 5.04. The third-order valence-corrected chi connectivity index (χ3v) is 2.94. The van der Waals surface area contributed by atoms with E-state index in [1.165, 1.54) is 20.3 Å². The van der Waals surface area contributed by atoms with E-state index in [0.29, 0.717) is 11.4 Å². The van der Waals surface area contributed by atoms with Gasteiger partial charge < -0.3 is 10.8 Å². The maximum atomic E-state index is 11.9. The number of nitrogen functional groups attached to an aromatic ring is 1.